The monoisotopic (exact) mass is 289 g/mol. The van der Waals surface area contributed by atoms with Gasteiger partial charge in [-0.25, -0.2) is 0 Å². The number of fused-ring (bicyclic) bond motifs is 1. The van der Waals surface area contributed by atoms with E-state index in [1.54, 1.807) is 20.8 Å². The first-order chi connectivity index (χ1) is 9.81. The Balaban J connectivity index is 2.07. The van der Waals surface area contributed by atoms with Crippen LogP contribution in [0.4, 0.5) is 0 Å². The van der Waals surface area contributed by atoms with E-state index in [1.165, 1.54) is 0 Å². The molecule has 0 aliphatic rings. The summed E-state index contributed by atoms with van der Waals surface area (Å²) in [6.45, 7) is 5.19. The Hall–Kier alpha value is -1.85. The second-order valence-electron chi connectivity index (χ2n) is 6.06. The Morgan fingerprint density at radius 2 is 2.10 bits per heavy atom. The van der Waals surface area contributed by atoms with E-state index in [9.17, 15) is 9.90 Å². The minimum Gasteiger partial charge on any atom is -0.391 e. The largest absolute Gasteiger partial charge is 0.391 e. The average molecular weight is 289 g/mol. The molecule has 2 rings (SSSR count). The third-order valence-corrected chi connectivity index (χ3v) is 3.94. The molecule has 2 aromatic rings. The normalized spacial score (nSPS) is 14.9. The molecule has 1 aromatic carbocycles. The quantitative estimate of drug-likeness (QED) is 0.669. The van der Waals surface area contributed by atoms with Gasteiger partial charge in [-0.15, -0.1) is 0 Å². The molecule has 0 aliphatic heterocycles. The van der Waals surface area contributed by atoms with Crippen LogP contribution in [-0.2, 0) is 11.2 Å². The topological polar surface area (TPSA) is 91.1 Å². The lowest BCUT2D eigenvalue weighted by Crippen LogP contribution is -2.55. The molecule has 5 N–H and O–H groups in total. The van der Waals surface area contributed by atoms with E-state index in [-0.39, 0.29) is 5.91 Å². The third kappa shape index (κ3) is 3.43. The van der Waals surface area contributed by atoms with E-state index in [2.05, 4.69) is 10.3 Å². The summed E-state index contributed by atoms with van der Waals surface area (Å²) in [4.78, 5) is 15.3. The van der Waals surface area contributed by atoms with Gasteiger partial charge < -0.3 is 21.1 Å². The summed E-state index contributed by atoms with van der Waals surface area (Å²) < 4.78 is 0. The first kappa shape index (κ1) is 15.5. The molecule has 0 saturated carbocycles. The van der Waals surface area contributed by atoms with Crippen LogP contribution >= 0.6 is 0 Å². The maximum atomic E-state index is 12.2. The average Bonchev–Trinajstić information content (AvgIpc) is 2.81. The van der Waals surface area contributed by atoms with Gasteiger partial charge in [0.1, 0.15) is 0 Å². The number of carbonyl (C=O) groups is 1. The zero-order valence-corrected chi connectivity index (χ0v) is 12.7. The van der Waals surface area contributed by atoms with Crippen molar-refractivity contribution < 1.29 is 9.90 Å². The smallest absolute Gasteiger partial charge is 0.237 e. The summed E-state index contributed by atoms with van der Waals surface area (Å²) >= 11 is 0. The molecule has 0 bridgehead atoms. The van der Waals surface area contributed by atoms with Crippen LogP contribution in [0.3, 0.4) is 0 Å². The van der Waals surface area contributed by atoms with E-state index in [0.29, 0.717) is 6.42 Å². The van der Waals surface area contributed by atoms with Crippen molar-refractivity contribution in [3.8, 4) is 0 Å². The Bertz CT molecular complexity index is 631. The lowest BCUT2D eigenvalue weighted by Gasteiger charge is -2.30. The van der Waals surface area contributed by atoms with Gasteiger partial charge in [-0.3, -0.25) is 4.79 Å². The highest BCUT2D eigenvalue weighted by atomic mass is 16.3. The van der Waals surface area contributed by atoms with E-state index in [1.807, 2.05) is 30.5 Å². The van der Waals surface area contributed by atoms with Crippen LogP contribution < -0.4 is 11.1 Å². The molecule has 1 aromatic heterocycles. The maximum absolute atomic E-state index is 12.2. The number of aromatic nitrogens is 1. The Morgan fingerprint density at radius 1 is 1.43 bits per heavy atom. The summed E-state index contributed by atoms with van der Waals surface area (Å²) in [6.07, 6.45) is 1.69. The first-order valence-electron chi connectivity index (χ1n) is 7.12. The molecular weight excluding hydrogens is 266 g/mol. The molecule has 21 heavy (non-hydrogen) atoms. The van der Waals surface area contributed by atoms with Crippen LogP contribution in [0.1, 0.15) is 26.3 Å². The highest BCUT2D eigenvalue weighted by Crippen LogP contribution is 2.19. The van der Waals surface area contributed by atoms with Crippen molar-refractivity contribution in [2.75, 3.05) is 0 Å². The van der Waals surface area contributed by atoms with Gasteiger partial charge in [-0.1, -0.05) is 18.2 Å². The summed E-state index contributed by atoms with van der Waals surface area (Å²) in [5, 5.41) is 13.5. The predicted molar refractivity (Wildman–Crippen MR) is 83.9 cm³/mol. The molecule has 0 radical (unpaired) electrons. The fraction of sp³-hybridized carbons (Fsp3) is 0.438. The summed E-state index contributed by atoms with van der Waals surface area (Å²) in [7, 11) is 0. The van der Waals surface area contributed by atoms with E-state index in [0.717, 1.165) is 16.5 Å². The van der Waals surface area contributed by atoms with E-state index in [4.69, 9.17) is 5.73 Å². The van der Waals surface area contributed by atoms with Crippen molar-refractivity contribution in [1.29, 1.82) is 0 Å². The minimum absolute atomic E-state index is 0.258. The van der Waals surface area contributed by atoms with Gasteiger partial charge in [0.25, 0.3) is 0 Å². The molecule has 1 unspecified atom stereocenters. The fourth-order valence-electron chi connectivity index (χ4n) is 2.14. The molecule has 1 heterocycles. The van der Waals surface area contributed by atoms with Crippen LogP contribution in [0.25, 0.3) is 10.9 Å². The number of nitrogens with one attached hydrogen (secondary N) is 2. The molecule has 0 aliphatic carbocycles. The highest BCUT2D eigenvalue weighted by molar-refractivity contribution is 5.86. The summed E-state index contributed by atoms with van der Waals surface area (Å²) in [5.41, 5.74) is 7.35. The predicted octanol–water partition coefficient (Wildman–Crippen LogP) is 1.31. The maximum Gasteiger partial charge on any atom is 0.237 e. The number of rotatable bonds is 5. The molecule has 2 atom stereocenters. The van der Waals surface area contributed by atoms with Gasteiger partial charge in [0.15, 0.2) is 0 Å². The number of aliphatic hydroxyl groups is 1. The molecule has 5 heteroatoms. The van der Waals surface area contributed by atoms with E-state index >= 15 is 0 Å². The van der Waals surface area contributed by atoms with Crippen molar-refractivity contribution in [2.24, 2.45) is 5.73 Å². The van der Waals surface area contributed by atoms with Gasteiger partial charge in [0, 0.05) is 17.1 Å². The standard InChI is InChI=1S/C16H23N3O2/c1-10(20)16(2,3)19-15(21)13(17)8-11-9-18-14-7-5-4-6-12(11)14/h4-7,9-10,13,18,20H,8,17H2,1-3H3,(H,19,21)/t10?,13-/m1/s1. The van der Waals surface area contributed by atoms with Crippen LogP contribution in [0.2, 0.25) is 0 Å². The summed E-state index contributed by atoms with van der Waals surface area (Å²) in [5.74, 6) is -0.258. The van der Waals surface area contributed by atoms with Crippen LogP contribution in [0.5, 0.6) is 0 Å². The fourth-order valence-corrected chi connectivity index (χ4v) is 2.14. The number of hydrogen-bond acceptors (Lipinski definition) is 3. The van der Waals surface area contributed by atoms with Crippen molar-refractivity contribution in [1.82, 2.24) is 10.3 Å². The van der Waals surface area contributed by atoms with Crippen molar-refractivity contribution in [3.63, 3.8) is 0 Å². The molecule has 0 fully saturated rings. The highest BCUT2D eigenvalue weighted by Gasteiger charge is 2.28. The molecule has 0 saturated heterocycles. The second kappa shape index (κ2) is 5.87. The lowest BCUT2D eigenvalue weighted by molar-refractivity contribution is -0.125. The van der Waals surface area contributed by atoms with Gasteiger partial charge in [0.2, 0.25) is 5.91 Å². The number of nitrogens with two attached hydrogens (primary N) is 1. The Kier molecular flexibility index (Phi) is 4.34. The zero-order chi connectivity index (χ0) is 15.6. The minimum atomic E-state index is -0.699. The van der Waals surface area contributed by atoms with Gasteiger partial charge in [0.05, 0.1) is 17.7 Å². The van der Waals surface area contributed by atoms with Gasteiger partial charge >= 0.3 is 0 Å². The number of H-pyrrole nitrogens is 1. The number of aliphatic hydroxyl groups excluding tert-OH is 1. The SMILES string of the molecule is CC(O)C(C)(C)NC(=O)[C@H](N)Cc1c[nH]c2ccccc12. The van der Waals surface area contributed by atoms with E-state index < -0.39 is 17.7 Å². The zero-order valence-electron chi connectivity index (χ0n) is 12.7. The number of aromatic amines is 1. The molecule has 114 valence electrons. The van der Waals surface area contributed by atoms with Crippen molar-refractivity contribution in [3.05, 3.63) is 36.0 Å². The van der Waals surface area contributed by atoms with Crippen molar-refractivity contribution in [2.45, 2.75) is 44.9 Å². The number of amides is 1. The van der Waals surface area contributed by atoms with Crippen molar-refractivity contribution >= 4 is 16.8 Å². The first-order valence-corrected chi connectivity index (χ1v) is 7.12. The third-order valence-electron chi connectivity index (χ3n) is 3.94. The van der Waals surface area contributed by atoms with Gasteiger partial charge in [-0.2, -0.15) is 0 Å². The Labute approximate surface area is 124 Å². The number of benzene rings is 1. The molecule has 5 nitrogen and oxygen atoms in total. The van der Waals surface area contributed by atoms with Crippen LogP contribution in [-0.4, -0.2) is 33.7 Å². The number of carbonyl (C=O) groups excluding carboxylic acids is 1. The van der Waals surface area contributed by atoms with Crippen LogP contribution in [0, 0.1) is 0 Å². The Morgan fingerprint density at radius 3 is 2.76 bits per heavy atom. The lowest BCUT2D eigenvalue weighted by atomic mass is 9.97. The number of para-hydroxylation sites is 1. The van der Waals surface area contributed by atoms with Crippen LogP contribution in [0.15, 0.2) is 30.5 Å². The second-order valence-corrected chi connectivity index (χ2v) is 6.06. The molecular formula is C16H23N3O2. The molecule has 0 spiro atoms. The summed E-state index contributed by atoms with van der Waals surface area (Å²) in [6, 6.07) is 7.26. The number of hydrogen-bond donors (Lipinski definition) is 4. The van der Waals surface area contributed by atoms with Gasteiger partial charge in [-0.05, 0) is 38.8 Å². The molecule has 1 amide bonds.